The maximum absolute atomic E-state index is 13.7. The van der Waals surface area contributed by atoms with Crippen molar-refractivity contribution in [3.8, 4) is 5.69 Å². The van der Waals surface area contributed by atoms with E-state index in [1.807, 2.05) is 53.4 Å². The fourth-order valence-corrected chi connectivity index (χ4v) is 5.39. The Morgan fingerprint density at radius 3 is 2.51 bits per heavy atom. The van der Waals surface area contributed by atoms with Crippen molar-refractivity contribution in [2.24, 2.45) is 0 Å². The minimum Gasteiger partial charge on any atom is -0.337 e. The molecule has 1 amide bonds. The Kier molecular flexibility index (Phi) is 8.39. The molecule has 2 heterocycles. The number of unbranched alkanes of at least 4 members (excludes halogenated alkanes) is 2. The molecule has 1 aliphatic heterocycles. The third kappa shape index (κ3) is 5.51. The molecule has 186 valence electrons. The Labute approximate surface area is 216 Å². The standard InChI is InChI=1S/C28H35BrN4O2/c1-4-6-7-12-26(34)32-18-17-31(19-20(32)3)25(5-2)27-30-24-11-9-8-10-23(24)28(35)33(27)22-15-13-21(29)14-16-22/h8-11,13-16,20,25H,4-7,12,17-19H2,1-3H3. The van der Waals surface area contributed by atoms with Crippen molar-refractivity contribution in [3.05, 3.63) is 69.2 Å². The molecule has 6 nitrogen and oxygen atoms in total. The van der Waals surface area contributed by atoms with Gasteiger partial charge in [-0.25, -0.2) is 4.98 Å². The topological polar surface area (TPSA) is 58.4 Å². The number of benzene rings is 2. The molecule has 3 aromatic rings. The number of piperazine rings is 1. The lowest BCUT2D eigenvalue weighted by molar-refractivity contribution is -0.136. The lowest BCUT2D eigenvalue weighted by atomic mass is 10.1. The molecular weight excluding hydrogens is 504 g/mol. The van der Waals surface area contributed by atoms with E-state index in [0.29, 0.717) is 18.4 Å². The molecule has 4 rings (SSSR count). The van der Waals surface area contributed by atoms with Crippen LogP contribution in [-0.4, -0.2) is 50.9 Å². The van der Waals surface area contributed by atoms with Gasteiger partial charge in [-0.15, -0.1) is 0 Å². The molecule has 2 atom stereocenters. The largest absolute Gasteiger partial charge is 0.337 e. The molecule has 7 heteroatoms. The number of rotatable bonds is 8. The third-order valence-electron chi connectivity index (χ3n) is 6.99. The van der Waals surface area contributed by atoms with Gasteiger partial charge in [-0.1, -0.05) is 54.8 Å². The average molecular weight is 540 g/mol. The van der Waals surface area contributed by atoms with E-state index in [2.05, 4.69) is 41.6 Å². The van der Waals surface area contributed by atoms with Gasteiger partial charge >= 0.3 is 0 Å². The molecule has 0 bridgehead atoms. The first-order valence-corrected chi connectivity index (χ1v) is 13.5. The van der Waals surface area contributed by atoms with Crippen LogP contribution in [0.2, 0.25) is 0 Å². The van der Waals surface area contributed by atoms with Crippen molar-refractivity contribution in [2.45, 2.75) is 65.0 Å². The summed E-state index contributed by atoms with van der Waals surface area (Å²) in [5.41, 5.74) is 1.48. The van der Waals surface area contributed by atoms with Crippen LogP contribution in [0.15, 0.2) is 57.8 Å². The van der Waals surface area contributed by atoms with Crippen LogP contribution in [0.5, 0.6) is 0 Å². The highest BCUT2D eigenvalue weighted by Crippen LogP contribution is 2.28. The van der Waals surface area contributed by atoms with Crippen LogP contribution < -0.4 is 5.56 Å². The van der Waals surface area contributed by atoms with Crippen LogP contribution in [0.25, 0.3) is 16.6 Å². The number of fused-ring (bicyclic) bond motifs is 1. The van der Waals surface area contributed by atoms with Gasteiger partial charge in [-0.05, 0) is 56.2 Å². The summed E-state index contributed by atoms with van der Waals surface area (Å²) in [5, 5.41) is 0.616. The number of carbonyl (C=O) groups excluding carboxylic acids is 1. The van der Waals surface area contributed by atoms with Crippen molar-refractivity contribution >= 4 is 32.7 Å². The highest BCUT2D eigenvalue weighted by atomic mass is 79.9. The Balaban J connectivity index is 1.68. The SMILES string of the molecule is CCCCCC(=O)N1CCN(C(CC)c2nc3ccccc3c(=O)n2-c2ccc(Br)cc2)CC1C. The Morgan fingerprint density at radius 2 is 1.83 bits per heavy atom. The minimum absolute atomic E-state index is 0.0317. The van der Waals surface area contributed by atoms with Gasteiger partial charge in [-0.2, -0.15) is 0 Å². The van der Waals surface area contributed by atoms with E-state index in [9.17, 15) is 9.59 Å². The first-order valence-electron chi connectivity index (χ1n) is 12.8. The monoisotopic (exact) mass is 538 g/mol. The van der Waals surface area contributed by atoms with Crippen LogP contribution in [0.1, 0.15) is 64.7 Å². The molecule has 1 saturated heterocycles. The first-order chi connectivity index (χ1) is 16.9. The molecular formula is C28H35BrN4O2. The van der Waals surface area contributed by atoms with E-state index in [-0.39, 0.29) is 23.6 Å². The molecule has 0 saturated carbocycles. The van der Waals surface area contributed by atoms with Crippen molar-refractivity contribution in [2.75, 3.05) is 19.6 Å². The zero-order valence-electron chi connectivity index (χ0n) is 20.9. The zero-order chi connectivity index (χ0) is 24.9. The van der Waals surface area contributed by atoms with Crippen LogP contribution in [0.3, 0.4) is 0 Å². The van der Waals surface area contributed by atoms with Crippen molar-refractivity contribution in [3.63, 3.8) is 0 Å². The Morgan fingerprint density at radius 1 is 1.09 bits per heavy atom. The van der Waals surface area contributed by atoms with Crippen molar-refractivity contribution in [1.29, 1.82) is 0 Å². The number of para-hydroxylation sites is 1. The third-order valence-corrected chi connectivity index (χ3v) is 7.51. The lowest BCUT2D eigenvalue weighted by Crippen LogP contribution is -2.55. The number of halogens is 1. The smallest absolute Gasteiger partial charge is 0.266 e. The van der Waals surface area contributed by atoms with Crippen LogP contribution in [0, 0.1) is 0 Å². The Bertz CT molecular complexity index is 1220. The van der Waals surface area contributed by atoms with Crippen LogP contribution in [-0.2, 0) is 4.79 Å². The van der Waals surface area contributed by atoms with E-state index in [1.165, 1.54) is 0 Å². The van der Waals surface area contributed by atoms with Gasteiger partial charge in [0.15, 0.2) is 0 Å². The van der Waals surface area contributed by atoms with E-state index < -0.39 is 0 Å². The number of carbonyl (C=O) groups is 1. The molecule has 2 aromatic carbocycles. The summed E-state index contributed by atoms with van der Waals surface area (Å²) in [6, 6.07) is 15.5. The maximum Gasteiger partial charge on any atom is 0.266 e. The second-order valence-electron chi connectivity index (χ2n) is 9.42. The van der Waals surface area contributed by atoms with E-state index >= 15 is 0 Å². The predicted octanol–water partition coefficient (Wildman–Crippen LogP) is 5.71. The molecule has 0 aliphatic carbocycles. The second-order valence-corrected chi connectivity index (χ2v) is 10.3. The van der Waals surface area contributed by atoms with Gasteiger partial charge in [0.05, 0.1) is 22.6 Å². The molecule has 0 radical (unpaired) electrons. The highest BCUT2D eigenvalue weighted by molar-refractivity contribution is 9.10. The van der Waals surface area contributed by atoms with Gasteiger partial charge in [0.25, 0.3) is 5.56 Å². The van der Waals surface area contributed by atoms with E-state index in [1.54, 1.807) is 4.57 Å². The fourth-order valence-electron chi connectivity index (χ4n) is 5.13. The summed E-state index contributed by atoms with van der Waals surface area (Å²) in [6.45, 7) is 8.67. The molecule has 1 fully saturated rings. The summed E-state index contributed by atoms with van der Waals surface area (Å²) >= 11 is 3.50. The number of hydrogen-bond donors (Lipinski definition) is 0. The van der Waals surface area contributed by atoms with Crippen molar-refractivity contribution < 1.29 is 4.79 Å². The summed E-state index contributed by atoms with van der Waals surface area (Å²) in [4.78, 5) is 36.0. The molecule has 1 aliphatic rings. The van der Waals surface area contributed by atoms with Gasteiger partial charge in [0.2, 0.25) is 5.91 Å². The lowest BCUT2D eigenvalue weighted by Gasteiger charge is -2.43. The number of aromatic nitrogens is 2. The first kappa shape index (κ1) is 25.6. The quantitative estimate of drug-likeness (QED) is 0.344. The normalized spacial score (nSPS) is 17.6. The summed E-state index contributed by atoms with van der Waals surface area (Å²) in [5.74, 6) is 1.02. The molecule has 0 spiro atoms. The van der Waals surface area contributed by atoms with E-state index in [4.69, 9.17) is 4.98 Å². The zero-order valence-corrected chi connectivity index (χ0v) is 22.5. The molecule has 1 aromatic heterocycles. The maximum atomic E-state index is 13.7. The van der Waals surface area contributed by atoms with Crippen LogP contribution >= 0.6 is 15.9 Å². The van der Waals surface area contributed by atoms with E-state index in [0.717, 1.165) is 60.3 Å². The second kappa shape index (κ2) is 11.5. The minimum atomic E-state index is -0.0517. The van der Waals surface area contributed by atoms with Gasteiger partial charge in [0.1, 0.15) is 5.82 Å². The van der Waals surface area contributed by atoms with Crippen LogP contribution in [0.4, 0.5) is 0 Å². The predicted molar refractivity (Wildman–Crippen MR) is 145 cm³/mol. The average Bonchev–Trinajstić information content (AvgIpc) is 2.86. The summed E-state index contributed by atoms with van der Waals surface area (Å²) in [7, 11) is 0. The Hall–Kier alpha value is -2.51. The number of nitrogens with zero attached hydrogens (tertiary/aromatic N) is 4. The summed E-state index contributed by atoms with van der Waals surface area (Å²) in [6.07, 6.45) is 4.62. The molecule has 0 N–H and O–H groups in total. The number of hydrogen-bond acceptors (Lipinski definition) is 4. The highest BCUT2D eigenvalue weighted by Gasteiger charge is 2.33. The fraction of sp³-hybridized carbons (Fsp3) is 0.464. The number of amides is 1. The summed E-state index contributed by atoms with van der Waals surface area (Å²) < 4.78 is 2.74. The van der Waals surface area contributed by atoms with Crippen molar-refractivity contribution in [1.82, 2.24) is 19.4 Å². The molecule has 2 unspecified atom stereocenters. The van der Waals surface area contributed by atoms with Gasteiger partial charge < -0.3 is 4.90 Å². The molecule has 35 heavy (non-hydrogen) atoms. The van der Waals surface area contributed by atoms with Gasteiger partial charge in [0, 0.05) is 36.6 Å². The van der Waals surface area contributed by atoms with Gasteiger partial charge in [-0.3, -0.25) is 19.1 Å².